The van der Waals surface area contributed by atoms with Crippen LogP contribution in [-0.4, -0.2) is 79.7 Å². The van der Waals surface area contributed by atoms with Crippen LogP contribution in [0.15, 0.2) is 18.2 Å². The van der Waals surface area contributed by atoms with Gasteiger partial charge in [0.25, 0.3) is 0 Å². The second-order valence-electron chi connectivity index (χ2n) is 8.26. The first-order valence-electron chi connectivity index (χ1n) is 10.6. The van der Waals surface area contributed by atoms with Gasteiger partial charge >= 0.3 is 6.03 Å². The van der Waals surface area contributed by atoms with Crippen molar-refractivity contribution in [3.05, 3.63) is 52.4 Å². The summed E-state index contributed by atoms with van der Waals surface area (Å²) in [6.07, 6.45) is 1.23. The number of nitrogens with zero attached hydrogens (tertiary/aromatic N) is 8. The quantitative estimate of drug-likeness (QED) is 0.493. The predicted octanol–water partition coefficient (Wildman–Crippen LogP) is 1.16. The zero-order chi connectivity index (χ0) is 24.2. The minimum absolute atomic E-state index is 0.128. The van der Waals surface area contributed by atoms with E-state index in [1.807, 2.05) is 19.0 Å². The number of carbonyl (C=O) groups excluding carboxylic acids is 2. The Labute approximate surface area is 194 Å². The summed E-state index contributed by atoms with van der Waals surface area (Å²) in [6, 6.07) is 5.14. The van der Waals surface area contributed by atoms with Crippen molar-refractivity contribution in [3.8, 4) is 6.07 Å². The number of nitrogens with one attached hydrogen (secondary N) is 2. The molecule has 0 spiro atoms. The number of aromatic nitrogens is 6. The number of likely N-dealkylation sites (N-methyl/N-ethyl adjacent to an activating group) is 1. The first kappa shape index (κ1) is 23.0. The number of aromatic amines is 1. The summed E-state index contributed by atoms with van der Waals surface area (Å²) in [4.78, 5) is 28.4. The van der Waals surface area contributed by atoms with E-state index in [1.165, 1.54) is 12.1 Å². The number of tetrazole rings is 1. The van der Waals surface area contributed by atoms with Crippen molar-refractivity contribution in [3.63, 3.8) is 0 Å². The third-order valence-electron chi connectivity index (χ3n) is 5.61. The first-order valence-corrected chi connectivity index (χ1v) is 10.6. The number of benzene rings is 1. The Kier molecular flexibility index (Phi) is 6.60. The predicted molar refractivity (Wildman–Crippen MR) is 117 cm³/mol. The summed E-state index contributed by atoms with van der Waals surface area (Å²) in [7, 11) is 3.87. The number of H-pyrrole nitrogens is 1. The molecule has 3 aromatic rings. The number of nitriles is 1. The SMILES string of the molecule is CN(C)CC(Cn1nc2c(c1C=O)CN(C(=O)Nc1ccc(F)c(C#N)c1)CC2)c1nnn[nH]1. The molecule has 1 aliphatic rings. The van der Waals surface area contributed by atoms with Gasteiger partial charge in [-0.25, -0.2) is 14.3 Å². The van der Waals surface area contributed by atoms with Crippen molar-refractivity contribution in [1.82, 2.24) is 40.2 Å². The Morgan fingerprint density at radius 1 is 1.44 bits per heavy atom. The molecule has 2 amide bonds. The molecular formula is C21H23FN10O2. The minimum atomic E-state index is -0.653. The molecule has 0 aliphatic carbocycles. The van der Waals surface area contributed by atoms with Crippen LogP contribution in [0.5, 0.6) is 0 Å². The highest BCUT2D eigenvalue weighted by atomic mass is 19.1. The number of hydrogen-bond acceptors (Lipinski definition) is 8. The van der Waals surface area contributed by atoms with Crippen molar-refractivity contribution in [2.75, 3.05) is 32.5 Å². The second-order valence-corrected chi connectivity index (χ2v) is 8.26. The van der Waals surface area contributed by atoms with Gasteiger partial charge in [-0.3, -0.25) is 9.48 Å². The molecule has 0 saturated carbocycles. The Bertz CT molecular complexity index is 1230. The van der Waals surface area contributed by atoms with Crippen LogP contribution in [0.4, 0.5) is 14.9 Å². The number of hydrogen-bond donors (Lipinski definition) is 2. The van der Waals surface area contributed by atoms with E-state index < -0.39 is 11.8 Å². The molecule has 0 fully saturated rings. The van der Waals surface area contributed by atoms with E-state index in [9.17, 15) is 14.0 Å². The molecule has 12 nitrogen and oxygen atoms in total. The Balaban J connectivity index is 1.52. The van der Waals surface area contributed by atoms with Crippen molar-refractivity contribution in [2.24, 2.45) is 0 Å². The van der Waals surface area contributed by atoms with Crippen LogP contribution in [0.2, 0.25) is 0 Å². The maximum atomic E-state index is 13.6. The Morgan fingerprint density at radius 3 is 2.94 bits per heavy atom. The maximum Gasteiger partial charge on any atom is 0.322 e. The van der Waals surface area contributed by atoms with Crippen LogP contribution in [0.3, 0.4) is 0 Å². The monoisotopic (exact) mass is 466 g/mol. The molecule has 1 aliphatic heterocycles. The van der Waals surface area contributed by atoms with Crippen LogP contribution in [0.1, 0.15) is 39.1 Å². The normalized spacial score (nSPS) is 13.9. The highest BCUT2D eigenvalue weighted by Gasteiger charge is 2.29. The van der Waals surface area contributed by atoms with E-state index in [-0.39, 0.29) is 18.0 Å². The smallest absolute Gasteiger partial charge is 0.320 e. The molecular weight excluding hydrogens is 443 g/mol. The number of amides is 2. The van der Waals surface area contributed by atoms with Crippen LogP contribution >= 0.6 is 0 Å². The average Bonchev–Trinajstić information content (AvgIpc) is 3.46. The van der Waals surface area contributed by atoms with Gasteiger partial charge in [0, 0.05) is 30.8 Å². The molecule has 1 aromatic carbocycles. The number of rotatable bonds is 7. The number of aldehydes is 1. The maximum absolute atomic E-state index is 13.6. The lowest BCUT2D eigenvalue weighted by Crippen LogP contribution is -2.39. The van der Waals surface area contributed by atoms with E-state index in [1.54, 1.807) is 15.7 Å². The molecule has 2 aromatic heterocycles. The summed E-state index contributed by atoms with van der Waals surface area (Å²) in [5.41, 5.74) is 2.01. The van der Waals surface area contributed by atoms with Gasteiger partial charge in [0.05, 0.1) is 30.3 Å². The second kappa shape index (κ2) is 9.75. The van der Waals surface area contributed by atoms with Crippen molar-refractivity contribution >= 4 is 18.0 Å². The number of carbonyl (C=O) groups is 2. The lowest BCUT2D eigenvalue weighted by molar-refractivity contribution is 0.111. The van der Waals surface area contributed by atoms with Gasteiger partial charge in [-0.1, -0.05) is 0 Å². The average molecular weight is 466 g/mol. The van der Waals surface area contributed by atoms with E-state index in [2.05, 4.69) is 31.0 Å². The third kappa shape index (κ3) is 4.76. The first-order chi connectivity index (χ1) is 16.4. The summed E-state index contributed by atoms with van der Waals surface area (Å²) < 4.78 is 15.2. The lowest BCUT2D eigenvalue weighted by Gasteiger charge is -2.26. The fraction of sp³-hybridized carbons (Fsp3) is 0.381. The van der Waals surface area contributed by atoms with E-state index in [4.69, 9.17) is 5.26 Å². The third-order valence-corrected chi connectivity index (χ3v) is 5.61. The summed E-state index contributed by atoms with van der Waals surface area (Å²) in [5, 5.41) is 30.4. The van der Waals surface area contributed by atoms with Crippen LogP contribution < -0.4 is 5.32 Å². The van der Waals surface area contributed by atoms with Crippen molar-refractivity contribution < 1.29 is 14.0 Å². The van der Waals surface area contributed by atoms with E-state index in [0.717, 1.165) is 18.0 Å². The zero-order valence-corrected chi connectivity index (χ0v) is 18.7. The lowest BCUT2D eigenvalue weighted by atomic mass is 10.1. The standard InChI is InChI=1S/C21H23FN10O2/c1-30(2)9-14(20-25-28-29-26-20)10-32-19(12-33)16-11-31(6-5-18(16)27-32)21(34)24-15-3-4-17(22)13(7-15)8-23/h3-4,7,12,14H,5-6,9-11H2,1-2H3,(H,24,34)(H,25,26,28,29). The molecule has 4 rings (SSSR count). The topological polar surface area (TPSA) is 149 Å². The number of halogens is 1. The molecule has 1 unspecified atom stereocenters. The van der Waals surface area contributed by atoms with E-state index >= 15 is 0 Å². The minimum Gasteiger partial charge on any atom is -0.320 e. The van der Waals surface area contributed by atoms with Gasteiger partial charge in [-0.05, 0) is 42.7 Å². The van der Waals surface area contributed by atoms with Gasteiger partial charge in [0.1, 0.15) is 17.6 Å². The number of urea groups is 1. The van der Waals surface area contributed by atoms with Crippen LogP contribution in [0.25, 0.3) is 0 Å². The summed E-state index contributed by atoms with van der Waals surface area (Å²) in [5.74, 6) is -0.187. The van der Waals surface area contributed by atoms with Gasteiger partial charge in [0.2, 0.25) is 0 Å². The Hall–Kier alpha value is -4.18. The van der Waals surface area contributed by atoms with Gasteiger partial charge in [0.15, 0.2) is 12.1 Å². The zero-order valence-electron chi connectivity index (χ0n) is 18.7. The highest BCUT2D eigenvalue weighted by Crippen LogP contribution is 2.25. The molecule has 176 valence electrons. The molecule has 2 N–H and O–H groups in total. The molecule has 34 heavy (non-hydrogen) atoms. The molecule has 1 atom stereocenters. The number of anilines is 1. The van der Waals surface area contributed by atoms with Crippen LogP contribution in [-0.2, 0) is 19.5 Å². The van der Waals surface area contributed by atoms with Gasteiger partial charge in [-0.15, -0.1) is 5.10 Å². The number of fused-ring (bicyclic) bond motifs is 1. The Morgan fingerprint density at radius 2 is 2.26 bits per heavy atom. The largest absolute Gasteiger partial charge is 0.322 e. The summed E-state index contributed by atoms with van der Waals surface area (Å²) in [6.45, 7) is 1.61. The molecule has 0 bridgehead atoms. The van der Waals surface area contributed by atoms with Crippen LogP contribution in [0, 0.1) is 17.1 Å². The molecule has 3 heterocycles. The fourth-order valence-electron chi connectivity index (χ4n) is 4.00. The van der Waals surface area contributed by atoms with Crippen molar-refractivity contribution in [2.45, 2.75) is 25.4 Å². The molecule has 13 heteroatoms. The molecule has 0 radical (unpaired) electrons. The summed E-state index contributed by atoms with van der Waals surface area (Å²) >= 11 is 0. The molecule has 0 saturated heterocycles. The highest BCUT2D eigenvalue weighted by molar-refractivity contribution is 5.90. The van der Waals surface area contributed by atoms with Gasteiger partial charge < -0.3 is 15.1 Å². The van der Waals surface area contributed by atoms with Gasteiger partial charge in [-0.2, -0.15) is 10.4 Å². The van der Waals surface area contributed by atoms with Crippen molar-refractivity contribution in [1.29, 1.82) is 5.26 Å². The van der Waals surface area contributed by atoms with E-state index in [0.29, 0.717) is 48.8 Å². The fourth-order valence-corrected chi connectivity index (χ4v) is 4.00.